The Kier molecular flexibility index (Phi) is 6.46. The predicted octanol–water partition coefficient (Wildman–Crippen LogP) is 4.34. The topological polar surface area (TPSA) is 48.1 Å². The molecule has 0 saturated carbocycles. The van der Waals surface area contributed by atoms with E-state index in [0.717, 1.165) is 52.1 Å². The monoisotopic (exact) mass is 371 g/mol. The summed E-state index contributed by atoms with van der Waals surface area (Å²) in [5.74, 6) is 0. The zero-order chi connectivity index (χ0) is 18.5. The highest BCUT2D eigenvalue weighted by Crippen LogP contribution is 2.30. The van der Waals surface area contributed by atoms with E-state index in [0.29, 0.717) is 12.6 Å². The third-order valence-electron chi connectivity index (χ3n) is 5.06. The second-order valence-corrected chi connectivity index (χ2v) is 7.96. The van der Waals surface area contributed by atoms with Crippen LogP contribution in [0.15, 0.2) is 35.1 Å². The molecular formula is C21H29N3OS. The first-order valence-electron chi connectivity index (χ1n) is 9.61. The molecule has 0 fully saturated rings. The van der Waals surface area contributed by atoms with E-state index in [2.05, 4.69) is 48.1 Å². The van der Waals surface area contributed by atoms with E-state index in [1.54, 1.807) is 17.4 Å². The van der Waals surface area contributed by atoms with Gasteiger partial charge in [0.2, 0.25) is 0 Å². The number of nitrogens with one attached hydrogen (secondary N) is 2. The van der Waals surface area contributed by atoms with Crippen LogP contribution in [0.3, 0.4) is 0 Å². The second kappa shape index (κ2) is 8.80. The van der Waals surface area contributed by atoms with Crippen molar-refractivity contribution in [1.29, 1.82) is 0 Å². The van der Waals surface area contributed by atoms with E-state index in [9.17, 15) is 4.79 Å². The Balaban J connectivity index is 1.64. The number of thiophene rings is 1. The lowest BCUT2D eigenvalue weighted by Gasteiger charge is -2.19. The molecule has 3 aromatic rings. The first-order chi connectivity index (χ1) is 12.6. The standard InChI is InChI=1S/C21H29N3OS/c1-4-24(5-2)12-8-9-15(3)22-14-16-13-18(25)21-20(23-16)17-10-6-7-11-19(17)26-21/h6-7,10-11,13,15,22H,4-5,8-9,12,14H2,1-3H3,(H,23,25). The van der Waals surface area contributed by atoms with Gasteiger partial charge in [0, 0.05) is 34.4 Å². The second-order valence-electron chi connectivity index (χ2n) is 6.91. The molecule has 0 radical (unpaired) electrons. The van der Waals surface area contributed by atoms with Crippen molar-refractivity contribution in [3.05, 3.63) is 46.2 Å². The van der Waals surface area contributed by atoms with E-state index in [-0.39, 0.29) is 5.43 Å². The predicted molar refractivity (Wildman–Crippen MR) is 113 cm³/mol. The summed E-state index contributed by atoms with van der Waals surface area (Å²) in [6.45, 7) is 10.7. The molecule has 2 aromatic heterocycles. The lowest BCUT2D eigenvalue weighted by molar-refractivity contribution is 0.290. The average molecular weight is 372 g/mol. The van der Waals surface area contributed by atoms with E-state index in [1.807, 2.05) is 12.1 Å². The molecule has 0 bridgehead atoms. The zero-order valence-corrected chi connectivity index (χ0v) is 16.8. The van der Waals surface area contributed by atoms with Crippen molar-refractivity contribution in [1.82, 2.24) is 15.2 Å². The maximum Gasteiger partial charge on any atom is 0.199 e. The number of aromatic nitrogens is 1. The molecule has 2 heterocycles. The number of pyridine rings is 1. The molecule has 1 aromatic carbocycles. The van der Waals surface area contributed by atoms with Gasteiger partial charge in [-0.3, -0.25) is 4.79 Å². The van der Waals surface area contributed by atoms with Crippen molar-refractivity contribution in [2.24, 2.45) is 0 Å². The van der Waals surface area contributed by atoms with Gasteiger partial charge >= 0.3 is 0 Å². The highest BCUT2D eigenvalue weighted by molar-refractivity contribution is 7.25. The molecule has 0 saturated heterocycles. The van der Waals surface area contributed by atoms with Gasteiger partial charge in [0.05, 0.1) is 10.2 Å². The van der Waals surface area contributed by atoms with Gasteiger partial charge in [-0.1, -0.05) is 32.0 Å². The number of rotatable bonds is 9. The van der Waals surface area contributed by atoms with Crippen LogP contribution in [0.2, 0.25) is 0 Å². The maximum atomic E-state index is 12.5. The van der Waals surface area contributed by atoms with Crippen LogP contribution in [-0.4, -0.2) is 35.6 Å². The molecule has 26 heavy (non-hydrogen) atoms. The van der Waals surface area contributed by atoms with Crippen LogP contribution in [-0.2, 0) is 6.54 Å². The summed E-state index contributed by atoms with van der Waals surface area (Å²) in [6, 6.07) is 10.4. The van der Waals surface area contributed by atoms with Crippen molar-refractivity contribution in [2.75, 3.05) is 19.6 Å². The van der Waals surface area contributed by atoms with Gasteiger partial charge in [0.15, 0.2) is 5.43 Å². The van der Waals surface area contributed by atoms with Crippen LogP contribution in [0.5, 0.6) is 0 Å². The number of nitrogens with zero attached hydrogens (tertiary/aromatic N) is 1. The molecule has 0 aliphatic rings. The molecule has 0 aliphatic carbocycles. The third kappa shape index (κ3) is 4.34. The van der Waals surface area contributed by atoms with Crippen molar-refractivity contribution in [3.8, 4) is 0 Å². The minimum atomic E-state index is 0.117. The lowest BCUT2D eigenvalue weighted by Crippen LogP contribution is -2.29. The summed E-state index contributed by atoms with van der Waals surface area (Å²) in [4.78, 5) is 18.4. The summed E-state index contributed by atoms with van der Waals surface area (Å²) in [6.07, 6.45) is 2.34. The normalized spacial score (nSPS) is 13.1. The Morgan fingerprint density at radius 3 is 2.77 bits per heavy atom. The van der Waals surface area contributed by atoms with Crippen molar-refractivity contribution < 1.29 is 0 Å². The first-order valence-corrected chi connectivity index (χ1v) is 10.4. The number of hydrogen-bond acceptors (Lipinski definition) is 4. The summed E-state index contributed by atoms with van der Waals surface area (Å²) in [5, 5.41) is 4.69. The quantitative estimate of drug-likeness (QED) is 0.588. The number of fused-ring (bicyclic) bond motifs is 3. The summed E-state index contributed by atoms with van der Waals surface area (Å²) >= 11 is 1.57. The Labute approximate surface area is 159 Å². The fourth-order valence-corrected chi connectivity index (χ4v) is 4.48. The minimum absolute atomic E-state index is 0.117. The molecule has 0 amide bonds. The van der Waals surface area contributed by atoms with Gasteiger partial charge in [-0.05, 0) is 45.5 Å². The highest BCUT2D eigenvalue weighted by Gasteiger charge is 2.10. The van der Waals surface area contributed by atoms with E-state index in [4.69, 9.17) is 0 Å². The van der Waals surface area contributed by atoms with Crippen molar-refractivity contribution in [3.63, 3.8) is 0 Å². The third-order valence-corrected chi connectivity index (χ3v) is 6.24. The van der Waals surface area contributed by atoms with Gasteiger partial charge < -0.3 is 15.2 Å². The van der Waals surface area contributed by atoms with Crippen molar-refractivity contribution in [2.45, 2.75) is 46.2 Å². The summed E-state index contributed by atoms with van der Waals surface area (Å²) in [7, 11) is 0. The Hall–Kier alpha value is -1.69. The molecular weight excluding hydrogens is 342 g/mol. The number of aromatic amines is 1. The van der Waals surface area contributed by atoms with E-state index < -0.39 is 0 Å². The molecule has 1 unspecified atom stereocenters. The highest BCUT2D eigenvalue weighted by atomic mass is 32.1. The smallest absolute Gasteiger partial charge is 0.199 e. The number of hydrogen-bond donors (Lipinski definition) is 2. The minimum Gasteiger partial charge on any atom is -0.356 e. The fraction of sp³-hybridized carbons (Fsp3) is 0.476. The van der Waals surface area contributed by atoms with Gasteiger partial charge in [0.1, 0.15) is 0 Å². The first kappa shape index (κ1) is 19.1. The van der Waals surface area contributed by atoms with E-state index in [1.165, 1.54) is 6.42 Å². The average Bonchev–Trinajstić information content (AvgIpc) is 3.03. The molecule has 4 nitrogen and oxygen atoms in total. The van der Waals surface area contributed by atoms with Gasteiger partial charge in [-0.25, -0.2) is 0 Å². The SMILES string of the molecule is CCN(CC)CCCC(C)NCc1cc(=O)c2sc3ccccc3c2[nH]1. The van der Waals surface area contributed by atoms with Crippen LogP contribution in [0.1, 0.15) is 39.3 Å². The van der Waals surface area contributed by atoms with Crippen molar-refractivity contribution >= 4 is 31.6 Å². The van der Waals surface area contributed by atoms with Crippen LogP contribution in [0, 0.1) is 0 Å². The number of H-pyrrole nitrogens is 1. The van der Waals surface area contributed by atoms with Gasteiger partial charge in [-0.2, -0.15) is 0 Å². The number of benzene rings is 1. The van der Waals surface area contributed by atoms with Gasteiger partial charge in [-0.15, -0.1) is 11.3 Å². The molecule has 3 rings (SSSR count). The van der Waals surface area contributed by atoms with E-state index >= 15 is 0 Å². The molecule has 140 valence electrons. The van der Waals surface area contributed by atoms with Crippen LogP contribution >= 0.6 is 11.3 Å². The molecule has 0 aliphatic heterocycles. The molecule has 2 N–H and O–H groups in total. The maximum absolute atomic E-state index is 12.5. The Morgan fingerprint density at radius 2 is 2.00 bits per heavy atom. The molecule has 0 spiro atoms. The summed E-state index contributed by atoms with van der Waals surface area (Å²) in [5.41, 5.74) is 2.05. The Bertz CT molecular complexity index is 910. The largest absolute Gasteiger partial charge is 0.356 e. The summed E-state index contributed by atoms with van der Waals surface area (Å²) < 4.78 is 1.98. The molecule has 1 atom stereocenters. The fourth-order valence-electron chi connectivity index (χ4n) is 3.41. The zero-order valence-electron chi connectivity index (χ0n) is 16.0. The van der Waals surface area contributed by atoms with Crippen LogP contribution in [0.4, 0.5) is 0 Å². The lowest BCUT2D eigenvalue weighted by atomic mass is 10.1. The Morgan fingerprint density at radius 1 is 1.23 bits per heavy atom. The van der Waals surface area contributed by atoms with Crippen LogP contribution < -0.4 is 10.7 Å². The van der Waals surface area contributed by atoms with Gasteiger partial charge in [0.25, 0.3) is 0 Å². The molecule has 5 heteroatoms. The van der Waals surface area contributed by atoms with Crippen LogP contribution in [0.25, 0.3) is 20.3 Å².